The fourth-order valence-electron chi connectivity index (χ4n) is 2.16. The van der Waals surface area contributed by atoms with Gasteiger partial charge < -0.3 is 10.2 Å². The molecule has 2 N–H and O–H groups in total. The van der Waals surface area contributed by atoms with Crippen molar-refractivity contribution in [3.05, 3.63) is 48.5 Å². The lowest BCUT2D eigenvalue weighted by molar-refractivity contribution is 0.479. The van der Waals surface area contributed by atoms with Gasteiger partial charge in [0.25, 0.3) is 0 Å². The van der Waals surface area contributed by atoms with Gasteiger partial charge in [-0.1, -0.05) is 63.5 Å². The first-order valence-corrected chi connectivity index (χ1v) is 12.0. The first-order chi connectivity index (χ1) is 8.91. The molecule has 0 bridgehead atoms. The second kappa shape index (κ2) is 5.36. The number of phenols is 2. The van der Waals surface area contributed by atoms with Gasteiger partial charge in [-0.3, -0.25) is 0 Å². The molecule has 0 fully saturated rings. The molecule has 0 heterocycles. The van der Waals surface area contributed by atoms with Crippen LogP contribution in [0, 0.1) is 0 Å². The van der Waals surface area contributed by atoms with E-state index in [2.05, 4.69) is 19.6 Å². The first kappa shape index (κ1) is 14.1. The van der Waals surface area contributed by atoms with Crippen LogP contribution in [0.2, 0.25) is 19.6 Å². The summed E-state index contributed by atoms with van der Waals surface area (Å²) in [7, 11) is -2.28. The van der Waals surface area contributed by atoms with Crippen LogP contribution in [0.25, 0.3) is 0 Å². The van der Waals surface area contributed by atoms with Crippen LogP contribution in [-0.4, -0.2) is 18.0 Å². The third kappa shape index (κ3) is 2.99. The number of rotatable bonds is 3. The minimum absolute atomic E-state index is 0.333. The van der Waals surface area contributed by atoms with E-state index in [1.165, 1.54) is 0 Å². The SMILES string of the molecule is C[Si](C)(C)P(c1ccccc1O)c1ccccc1O. The summed E-state index contributed by atoms with van der Waals surface area (Å²) in [5, 5.41) is 22.2. The minimum atomic E-state index is -1.59. The highest BCUT2D eigenvalue weighted by Gasteiger charge is 2.32. The topological polar surface area (TPSA) is 40.5 Å². The van der Waals surface area contributed by atoms with E-state index in [0.717, 1.165) is 10.6 Å². The molecule has 19 heavy (non-hydrogen) atoms. The quantitative estimate of drug-likeness (QED) is 0.672. The van der Waals surface area contributed by atoms with Crippen molar-refractivity contribution >= 4 is 25.8 Å². The van der Waals surface area contributed by atoms with Crippen molar-refractivity contribution in [2.75, 3.05) is 0 Å². The van der Waals surface area contributed by atoms with Gasteiger partial charge >= 0.3 is 0 Å². The van der Waals surface area contributed by atoms with Crippen molar-refractivity contribution in [1.29, 1.82) is 0 Å². The maximum absolute atomic E-state index is 10.2. The van der Waals surface area contributed by atoms with Crippen LogP contribution >= 0.6 is 7.47 Å². The van der Waals surface area contributed by atoms with Gasteiger partial charge in [0.1, 0.15) is 11.5 Å². The number of phenolic OH excluding ortho intramolecular Hbond substituents is 2. The van der Waals surface area contributed by atoms with Crippen LogP contribution in [-0.2, 0) is 0 Å². The van der Waals surface area contributed by atoms with Crippen LogP contribution in [0.5, 0.6) is 11.5 Å². The van der Waals surface area contributed by atoms with E-state index in [0.29, 0.717) is 11.5 Å². The van der Waals surface area contributed by atoms with Crippen LogP contribution < -0.4 is 10.6 Å². The van der Waals surface area contributed by atoms with Crippen LogP contribution in [0.3, 0.4) is 0 Å². The molecule has 2 rings (SSSR count). The highest BCUT2D eigenvalue weighted by Crippen LogP contribution is 2.48. The number of hydrogen-bond acceptors (Lipinski definition) is 2. The van der Waals surface area contributed by atoms with Crippen LogP contribution in [0.4, 0.5) is 0 Å². The molecule has 0 radical (unpaired) electrons. The number of para-hydroxylation sites is 2. The van der Waals surface area contributed by atoms with Crippen LogP contribution in [0.1, 0.15) is 0 Å². The average Bonchev–Trinajstić information content (AvgIpc) is 2.33. The van der Waals surface area contributed by atoms with Gasteiger partial charge in [-0.25, -0.2) is 0 Å². The minimum Gasteiger partial charge on any atom is -0.507 e. The van der Waals surface area contributed by atoms with Crippen molar-refractivity contribution in [3.8, 4) is 11.5 Å². The lowest BCUT2D eigenvalue weighted by Gasteiger charge is -2.31. The van der Waals surface area contributed by atoms with E-state index in [-0.39, 0.29) is 0 Å². The Morgan fingerprint density at radius 1 is 0.737 bits per heavy atom. The summed E-state index contributed by atoms with van der Waals surface area (Å²) in [6, 6.07) is 15.0. The van der Waals surface area contributed by atoms with Crippen molar-refractivity contribution in [2.45, 2.75) is 19.6 Å². The van der Waals surface area contributed by atoms with Crippen molar-refractivity contribution in [2.24, 2.45) is 0 Å². The molecule has 4 heteroatoms. The molecule has 0 unspecified atom stereocenters. The van der Waals surface area contributed by atoms with E-state index in [1.807, 2.05) is 36.4 Å². The third-order valence-electron chi connectivity index (χ3n) is 2.92. The number of aromatic hydroxyl groups is 2. The van der Waals surface area contributed by atoms with Crippen molar-refractivity contribution < 1.29 is 10.2 Å². The molecule has 2 aromatic carbocycles. The number of hydrogen-bond donors (Lipinski definition) is 2. The molecule has 2 aromatic rings. The zero-order chi connectivity index (χ0) is 14.0. The van der Waals surface area contributed by atoms with Crippen molar-refractivity contribution in [3.63, 3.8) is 0 Å². The molecule has 2 nitrogen and oxygen atoms in total. The molecular formula is C15H19O2PSi. The highest BCUT2D eigenvalue weighted by atomic mass is 31.4. The van der Waals surface area contributed by atoms with Crippen molar-refractivity contribution in [1.82, 2.24) is 0 Å². The van der Waals surface area contributed by atoms with Gasteiger partial charge in [0.2, 0.25) is 0 Å². The monoisotopic (exact) mass is 290 g/mol. The molecular weight excluding hydrogens is 271 g/mol. The maximum atomic E-state index is 10.2. The zero-order valence-corrected chi connectivity index (χ0v) is 13.4. The van der Waals surface area contributed by atoms with E-state index in [9.17, 15) is 10.2 Å². The Balaban J connectivity index is 2.62. The smallest absolute Gasteiger partial charge is 0.123 e. The summed E-state index contributed by atoms with van der Waals surface area (Å²) >= 11 is 0. The average molecular weight is 290 g/mol. The Bertz CT molecular complexity index is 533. The molecule has 0 spiro atoms. The van der Waals surface area contributed by atoms with E-state index >= 15 is 0 Å². The van der Waals surface area contributed by atoms with Gasteiger partial charge in [0.05, 0.1) is 7.74 Å². The maximum Gasteiger partial charge on any atom is 0.123 e. The fourth-order valence-corrected chi connectivity index (χ4v) is 10.4. The Kier molecular flexibility index (Phi) is 3.98. The van der Waals surface area contributed by atoms with E-state index < -0.39 is 15.2 Å². The number of benzene rings is 2. The molecule has 0 saturated carbocycles. The summed E-state index contributed by atoms with van der Waals surface area (Å²) in [6.07, 6.45) is 0. The largest absolute Gasteiger partial charge is 0.507 e. The Morgan fingerprint density at radius 2 is 1.11 bits per heavy atom. The van der Waals surface area contributed by atoms with Gasteiger partial charge in [-0.15, -0.1) is 0 Å². The normalized spacial score (nSPS) is 11.8. The summed E-state index contributed by atoms with van der Waals surface area (Å²) in [4.78, 5) is 0. The Morgan fingerprint density at radius 3 is 1.42 bits per heavy atom. The van der Waals surface area contributed by atoms with Gasteiger partial charge in [0, 0.05) is 10.6 Å². The Hall–Kier alpha value is -1.31. The highest BCUT2D eigenvalue weighted by molar-refractivity contribution is 8.04. The molecule has 0 saturated heterocycles. The predicted molar refractivity (Wildman–Crippen MR) is 85.7 cm³/mol. The summed E-state index contributed by atoms with van der Waals surface area (Å²) in [5.74, 6) is 0.665. The Labute approximate surface area is 116 Å². The molecule has 0 amide bonds. The summed E-state index contributed by atoms with van der Waals surface area (Å²) in [5.41, 5.74) is 0. The lowest BCUT2D eigenvalue weighted by Crippen LogP contribution is -2.30. The molecule has 0 atom stereocenters. The van der Waals surface area contributed by atoms with E-state index in [1.54, 1.807) is 12.1 Å². The predicted octanol–water partition coefficient (Wildman–Crippen LogP) is 3.37. The molecule has 0 aliphatic heterocycles. The second-order valence-corrected chi connectivity index (χ2v) is 16.8. The third-order valence-corrected chi connectivity index (χ3v) is 11.4. The lowest BCUT2D eigenvalue weighted by atomic mass is 10.3. The molecule has 0 aromatic heterocycles. The second-order valence-electron chi connectivity index (χ2n) is 5.48. The summed E-state index contributed by atoms with van der Waals surface area (Å²) < 4.78 is 0. The standard InChI is InChI=1S/C15H19O2PSi/c1-19(2,3)18(14-10-6-4-8-12(14)16)15-11-7-5-9-13(15)17/h4-11,16-17H,1-3H3. The molecule has 100 valence electrons. The van der Waals surface area contributed by atoms with Gasteiger partial charge in [-0.2, -0.15) is 0 Å². The van der Waals surface area contributed by atoms with Gasteiger partial charge in [-0.05, 0) is 12.1 Å². The van der Waals surface area contributed by atoms with Crippen LogP contribution in [0.15, 0.2) is 48.5 Å². The molecule has 0 aliphatic carbocycles. The van der Waals surface area contributed by atoms with E-state index in [4.69, 9.17) is 0 Å². The van der Waals surface area contributed by atoms with Gasteiger partial charge in [0.15, 0.2) is 0 Å². The molecule has 0 aliphatic rings. The zero-order valence-electron chi connectivity index (χ0n) is 11.5. The first-order valence-electron chi connectivity index (χ1n) is 6.27. The summed E-state index contributed by atoms with van der Waals surface area (Å²) in [6.45, 7) is 6.83. The fraction of sp³-hybridized carbons (Fsp3) is 0.200.